The molecule has 0 saturated heterocycles. The van der Waals surface area contributed by atoms with Gasteiger partial charge in [0.1, 0.15) is 23.5 Å². The summed E-state index contributed by atoms with van der Waals surface area (Å²) in [7, 11) is 0. The third-order valence-electron chi connectivity index (χ3n) is 6.10. The normalized spacial score (nSPS) is 16.5. The molecular formula is C23H22N5OS+. The lowest BCUT2D eigenvalue weighted by atomic mass is 10.0. The molecule has 30 heavy (non-hydrogen) atoms. The molecule has 1 atom stereocenters. The van der Waals surface area contributed by atoms with Crippen LogP contribution in [0.3, 0.4) is 0 Å². The van der Waals surface area contributed by atoms with Crippen molar-refractivity contribution >= 4 is 38.0 Å². The third kappa shape index (κ3) is 2.62. The average Bonchev–Trinajstić information content (AvgIpc) is 3.35. The van der Waals surface area contributed by atoms with Crippen LogP contribution in [0.1, 0.15) is 23.8 Å². The van der Waals surface area contributed by atoms with Gasteiger partial charge in [0.2, 0.25) is 0 Å². The van der Waals surface area contributed by atoms with E-state index in [2.05, 4.69) is 17.0 Å². The molecule has 0 aliphatic carbocycles. The van der Waals surface area contributed by atoms with Gasteiger partial charge in [-0.25, -0.2) is 14.5 Å². The summed E-state index contributed by atoms with van der Waals surface area (Å²) in [5.74, 6) is 0.751. The Bertz CT molecular complexity index is 1420. The molecule has 0 saturated carbocycles. The molecule has 0 spiro atoms. The zero-order valence-electron chi connectivity index (χ0n) is 16.7. The van der Waals surface area contributed by atoms with Crippen molar-refractivity contribution in [2.24, 2.45) is 0 Å². The standard InChI is InChI=1S/C23H21N5OS/c1-2-10-27-11-9-16-18(12-27)30-23-19(16)22-25-21(26-28(22)13-24-23)17-8-7-14-5-3-4-6-15(14)20(17)29/h3-8,13,29H,2,9-12H2,1H3/p+1. The Labute approximate surface area is 177 Å². The van der Waals surface area contributed by atoms with E-state index in [4.69, 9.17) is 4.98 Å². The van der Waals surface area contributed by atoms with E-state index in [0.717, 1.165) is 46.1 Å². The number of hydrogen-bond donors (Lipinski definition) is 2. The predicted octanol–water partition coefficient (Wildman–Crippen LogP) is 3.22. The van der Waals surface area contributed by atoms with Crippen molar-refractivity contribution in [1.82, 2.24) is 19.6 Å². The molecule has 3 aromatic heterocycles. The Kier molecular flexibility index (Phi) is 4.01. The Morgan fingerprint density at radius 1 is 1.20 bits per heavy atom. The van der Waals surface area contributed by atoms with Gasteiger partial charge in [-0.1, -0.05) is 37.3 Å². The fourth-order valence-electron chi connectivity index (χ4n) is 4.64. The summed E-state index contributed by atoms with van der Waals surface area (Å²) in [6.45, 7) is 5.69. The van der Waals surface area contributed by atoms with E-state index in [0.29, 0.717) is 11.4 Å². The monoisotopic (exact) mass is 416 g/mol. The van der Waals surface area contributed by atoms with Crippen molar-refractivity contribution < 1.29 is 10.0 Å². The summed E-state index contributed by atoms with van der Waals surface area (Å²) in [6, 6.07) is 11.7. The maximum atomic E-state index is 10.9. The number of aromatic nitrogens is 4. The van der Waals surface area contributed by atoms with Gasteiger partial charge in [-0.2, -0.15) is 0 Å². The summed E-state index contributed by atoms with van der Waals surface area (Å²) in [4.78, 5) is 13.7. The zero-order valence-corrected chi connectivity index (χ0v) is 17.5. The van der Waals surface area contributed by atoms with E-state index in [9.17, 15) is 5.11 Å². The number of benzene rings is 2. The van der Waals surface area contributed by atoms with Crippen LogP contribution in [0.2, 0.25) is 0 Å². The van der Waals surface area contributed by atoms with Crippen molar-refractivity contribution in [2.75, 3.05) is 13.1 Å². The van der Waals surface area contributed by atoms with Crippen molar-refractivity contribution in [3.05, 3.63) is 53.2 Å². The topological polar surface area (TPSA) is 67.8 Å². The maximum absolute atomic E-state index is 10.9. The minimum Gasteiger partial charge on any atom is -0.507 e. The molecule has 6 nitrogen and oxygen atoms in total. The van der Waals surface area contributed by atoms with Crippen LogP contribution < -0.4 is 4.90 Å². The SMILES string of the molecule is CCC[NH+]1CCc2c(sc3ncn4nc(-c5ccc6ccccc6c5O)nc4c23)C1. The van der Waals surface area contributed by atoms with E-state index < -0.39 is 0 Å². The molecule has 0 fully saturated rings. The molecule has 2 aromatic carbocycles. The van der Waals surface area contributed by atoms with Gasteiger partial charge in [-0.3, -0.25) is 0 Å². The van der Waals surface area contributed by atoms with Crippen molar-refractivity contribution in [3.8, 4) is 17.1 Å². The van der Waals surface area contributed by atoms with Crippen LogP contribution in [0.15, 0.2) is 42.7 Å². The first-order valence-corrected chi connectivity index (χ1v) is 11.2. The molecule has 5 aromatic rings. The molecule has 150 valence electrons. The second-order valence-electron chi connectivity index (χ2n) is 7.99. The number of fused-ring (bicyclic) bond motifs is 6. The molecule has 0 amide bonds. The second kappa shape index (κ2) is 6.75. The van der Waals surface area contributed by atoms with E-state index >= 15 is 0 Å². The highest BCUT2D eigenvalue weighted by Crippen LogP contribution is 2.37. The lowest BCUT2D eigenvalue weighted by Gasteiger charge is -2.23. The van der Waals surface area contributed by atoms with Gasteiger partial charge in [-0.05, 0) is 23.4 Å². The number of nitrogens with one attached hydrogen (secondary N) is 1. The number of quaternary nitrogens is 1. The van der Waals surface area contributed by atoms with E-state index in [-0.39, 0.29) is 5.75 Å². The van der Waals surface area contributed by atoms with Crippen molar-refractivity contribution in [2.45, 2.75) is 26.3 Å². The largest absolute Gasteiger partial charge is 0.507 e. The van der Waals surface area contributed by atoms with Crippen LogP contribution in [-0.2, 0) is 13.0 Å². The average molecular weight is 417 g/mol. The molecule has 1 unspecified atom stereocenters. The number of phenolic OH excluding ortho intramolecular Hbond substituents is 1. The first kappa shape index (κ1) is 17.8. The number of phenols is 1. The quantitative estimate of drug-likeness (QED) is 0.474. The molecule has 1 aliphatic heterocycles. The summed E-state index contributed by atoms with van der Waals surface area (Å²) < 4.78 is 1.75. The lowest BCUT2D eigenvalue weighted by molar-refractivity contribution is -0.915. The van der Waals surface area contributed by atoms with Crippen molar-refractivity contribution in [1.29, 1.82) is 0 Å². The van der Waals surface area contributed by atoms with Gasteiger partial charge >= 0.3 is 0 Å². The van der Waals surface area contributed by atoms with Gasteiger partial charge in [-0.15, -0.1) is 16.4 Å². The Morgan fingerprint density at radius 2 is 2.10 bits per heavy atom. The first-order valence-electron chi connectivity index (χ1n) is 10.4. The van der Waals surface area contributed by atoms with Crippen LogP contribution in [0, 0.1) is 0 Å². The van der Waals surface area contributed by atoms with Gasteiger partial charge < -0.3 is 10.0 Å². The Balaban J connectivity index is 1.52. The number of thiophene rings is 1. The number of nitrogens with zero attached hydrogens (tertiary/aromatic N) is 4. The van der Waals surface area contributed by atoms with E-state index in [1.54, 1.807) is 27.1 Å². The summed E-state index contributed by atoms with van der Waals surface area (Å²) in [5.41, 5.74) is 2.86. The minimum atomic E-state index is 0.222. The minimum absolute atomic E-state index is 0.222. The highest BCUT2D eigenvalue weighted by atomic mass is 32.1. The summed E-state index contributed by atoms with van der Waals surface area (Å²) >= 11 is 1.79. The van der Waals surface area contributed by atoms with Crippen LogP contribution in [-0.4, -0.2) is 37.8 Å². The molecule has 1 aliphatic rings. The van der Waals surface area contributed by atoms with E-state index in [1.165, 1.54) is 23.4 Å². The molecule has 6 rings (SSSR count). The van der Waals surface area contributed by atoms with E-state index in [1.807, 2.05) is 36.4 Å². The first-order chi connectivity index (χ1) is 14.7. The smallest absolute Gasteiger partial charge is 0.185 e. The summed E-state index contributed by atoms with van der Waals surface area (Å²) in [5, 5.41) is 18.5. The van der Waals surface area contributed by atoms with Crippen LogP contribution in [0.5, 0.6) is 5.75 Å². The van der Waals surface area contributed by atoms with Crippen LogP contribution in [0.4, 0.5) is 0 Å². The second-order valence-corrected chi connectivity index (χ2v) is 9.08. The predicted molar refractivity (Wildman–Crippen MR) is 119 cm³/mol. The van der Waals surface area contributed by atoms with Gasteiger partial charge in [0, 0.05) is 11.8 Å². The Morgan fingerprint density at radius 3 is 3.00 bits per heavy atom. The van der Waals surface area contributed by atoms with Gasteiger partial charge in [0.25, 0.3) is 0 Å². The number of hydrogen-bond acceptors (Lipinski definition) is 5. The van der Waals surface area contributed by atoms with Crippen molar-refractivity contribution in [3.63, 3.8) is 0 Å². The number of rotatable bonds is 3. The summed E-state index contributed by atoms with van der Waals surface area (Å²) in [6.07, 6.45) is 4.00. The fourth-order valence-corrected chi connectivity index (χ4v) is 5.90. The molecule has 4 heterocycles. The highest BCUT2D eigenvalue weighted by molar-refractivity contribution is 7.19. The van der Waals surface area contributed by atoms with Crippen LogP contribution >= 0.6 is 11.3 Å². The zero-order chi connectivity index (χ0) is 20.2. The Hall–Kier alpha value is -3.03. The number of aromatic hydroxyl groups is 1. The molecular weight excluding hydrogens is 394 g/mol. The maximum Gasteiger partial charge on any atom is 0.185 e. The molecule has 7 heteroatoms. The molecule has 2 N–H and O–H groups in total. The highest BCUT2D eigenvalue weighted by Gasteiger charge is 2.26. The fraction of sp³-hybridized carbons (Fsp3) is 0.261. The third-order valence-corrected chi connectivity index (χ3v) is 7.24. The molecule has 0 radical (unpaired) electrons. The van der Waals surface area contributed by atoms with Gasteiger partial charge in [0.05, 0.1) is 28.9 Å². The lowest BCUT2D eigenvalue weighted by Crippen LogP contribution is -3.11. The van der Waals surface area contributed by atoms with Gasteiger partial charge in [0.15, 0.2) is 11.5 Å². The van der Waals surface area contributed by atoms with Crippen LogP contribution in [0.25, 0.3) is 38.0 Å². The molecule has 0 bridgehead atoms.